The van der Waals surface area contributed by atoms with Gasteiger partial charge in [0.15, 0.2) is 11.6 Å². The molecule has 4 rings (SSSR count). The summed E-state index contributed by atoms with van der Waals surface area (Å²) in [6, 6.07) is 5.17. The third-order valence-electron chi connectivity index (χ3n) is 4.72. The first-order valence-electron chi connectivity index (χ1n) is 8.90. The second-order valence-electron chi connectivity index (χ2n) is 6.52. The maximum atomic E-state index is 14.3. The zero-order valence-electron chi connectivity index (χ0n) is 14.6. The molecule has 1 fully saturated rings. The van der Waals surface area contributed by atoms with Crippen molar-refractivity contribution in [3.63, 3.8) is 0 Å². The highest BCUT2D eigenvalue weighted by atomic mass is 19.1. The lowest BCUT2D eigenvalue weighted by Gasteiger charge is -2.14. The highest BCUT2D eigenvalue weighted by Gasteiger charge is 2.25. The second kappa shape index (κ2) is 7.57. The van der Waals surface area contributed by atoms with E-state index in [1.54, 1.807) is 24.7 Å². The van der Waals surface area contributed by atoms with Crippen LogP contribution in [0.4, 0.5) is 10.2 Å². The molecule has 1 N–H and O–H groups in total. The number of anilines is 1. The minimum atomic E-state index is -0.516. The maximum Gasteiger partial charge on any atom is 0.228 e. The van der Waals surface area contributed by atoms with Crippen molar-refractivity contribution in [2.45, 2.75) is 25.7 Å². The smallest absolute Gasteiger partial charge is 0.228 e. The first kappa shape index (κ1) is 17.2. The number of hydrogen-bond acceptors (Lipinski definition) is 5. The Morgan fingerprint density at radius 3 is 2.63 bits per heavy atom. The van der Waals surface area contributed by atoms with Crippen molar-refractivity contribution in [3.8, 4) is 22.5 Å². The van der Waals surface area contributed by atoms with Crippen LogP contribution in [-0.4, -0.2) is 25.8 Å². The van der Waals surface area contributed by atoms with E-state index in [0.717, 1.165) is 37.4 Å². The molecule has 1 aliphatic carbocycles. The van der Waals surface area contributed by atoms with Gasteiger partial charge in [0, 0.05) is 35.6 Å². The number of nitrogens with zero attached hydrogens (tertiary/aromatic N) is 4. The molecule has 136 valence electrons. The van der Waals surface area contributed by atoms with Gasteiger partial charge in [-0.25, -0.2) is 14.4 Å². The summed E-state index contributed by atoms with van der Waals surface area (Å²) in [5, 5.41) is 2.87. The molecule has 1 saturated carbocycles. The summed E-state index contributed by atoms with van der Waals surface area (Å²) >= 11 is 0. The molecule has 3 aromatic rings. The molecule has 27 heavy (non-hydrogen) atoms. The molecule has 0 atom stereocenters. The number of carbonyl (C=O) groups is 1. The number of nitrogens with one attached hydrogen (secondary N) is 1. The number of rotatable bonds is 4. The SMILES string of the molecule is O=C(Nc1nc(-c2cccnc2)cnc1-c1ccncc1F)C1CCCC1. The van der Waals surface area contributed by atoms with Gasteiger partial charge in [-0.1, -0.05) is 12.8 Å². The number of halogens is 1. The third-order valence-corrected chi connectivity index (χ3v) is 4.72. The Kier molecular flexibility index (Phi) is 4.82. The summed E-state index contributed by atoms with van der Waals surface area (Å²) in [6.07, 6.45) is 11.3. The lowest BCUT2D eigenvalue weighted by Crippen LogP contribution is -2.22. The predicted molar refractivity (Wildman–Crippen MR) is 99.0 cm³/mol. The van der Waals surface area contributed by atoms with Gasteiger partial charge < -0.3 is 5.32 Å². The van der Waals surface area contributed by atoms with Crippen molar-refractivity contribution >= 4 is 11.7 Å². The molecule has 0 bridgehead atoms. The lowest BCUT2D eigenvalue weighted by atomic mass is 10.1. The van der Waals surface area contributed by atoms with Crippen molar-refractivity contribution in [3.05, 3.63) is 55.0 Å². The van der Waals surface area contributed by atoms with Crippen LogP contribution < -0.4 is 5.32 Å². The van der Waals surface area contributed by atoms with E-state index in [4.69, 9.17) is 0 Å². The van der Waals surface area contributed by atoms with E-state index < -0.39 is 5.82 Å². The lowest BCUT2D eigenvalue weighted by molar-refractivity contribution is -0.119. The molecule has 1 amide bonds. The molecule has 0 radical (unpaired) electrons. The molecule has 1 aliphatic rings. The van der Waals surface area contributed by atoms with E-state index in [2.05, 4.69) is 25.3 Å². The second-order valence-corrected chi connectivity index (χ2v) is 6.52. The van der Waals surface area contributed by atoms with Gasteiger partial charge in [-0.05, 0) is 31.0 Å². The molecule has 6 nitrogen and oxygen atoms in total. The number of hydrogen-bond donors (Lipinski definition) is 1. The topological polar surface area (TPSA) is 80.7 Å². The van der Waals surface area contributed by atoms with E-state index in [1.165, 1.54) is 12.3 Å². The quantitative estimate of drug-likeness (QED) is 0.761. The Hall–Kier alpha value is -3.22. The predicted octanol–water partition coefficient (Wildman–Crippen LogP) is 3.87. The van der Waals surface area contributed by atoms with Gasteiger partial charge in [-0.2, -0.15) is 0 Å². The monoisotopic (exact) mass is 363 g/mol. The van der Waals surface area contributed by atoms with Crippen molar-refractivity contribution in [1.82, 2.24) is 19.9 Å². The van der Waals surface area contributed by atoms with Gasteiger partial charge in [0.2, 0.25) is 5.91 Å². The van der Waals surface area contributed by atoms with Crippen LogP contribution in [0.25, 0.3) is 22.5 Å². The molecule has 3 aromatic heterocycles. The van der Waals surface area contributed by atoms with E-state index in [9.17, 15) is 9.18 Å². The molecule has 3 heterocycles. The van der Waals surface area contributed by atoms with E-state index in [0.29, 0.717) is 5.69 Å². The van der Waals surface area contributed by atoms with Gasteiger partial charge in [-0.3, -0.25) is 14.8 Å². The minimum absolute atomic E-state index is 0.0380. The number of aromatic nitrogens is 4. The minimum Gasteiger partial charge on any atom is -0.309 e. The summed E-state index contributed by atoms with van der Waals surface area (Å²) < 4.78 is 14.3. The van der Waals surface area contributed by atoms with Gasteiger partial charge in [0.05, 0.1) is 18.1 Å². The zero-order chi connectivity index (χ0) is 18.6. The Morgan fingerprint density at radius 1 is 1.07 bits per heavy atom. The Morgan fingerprint density at radius 2 is 1.89 bits per heavy atom. The van der Waals surface area contributed by atoms with E-state index in [1.807, 2.05) is 6.07 Å². The van der Waals surface area contributed by atoms with Gasteiger partial charge in [0.25, 0.3) is 0 Å². The Balaban J connectivity index is 1.76. The van der Waals surface area contributed by atoms with Crippen LogP contribution in [0.3, 0.4) is 0 Å². The van der Waals surface area contributed by atoms with Gasteiger partial charge in [-0.15, -0.1) is 0 Å². The van der Waals surface area contributed by atoms with Crippen molar-refractivity contribution < 1.29 is 9.18 Å². The summed E-state index contributed by atoms with van der Waals surface area (Å²) in [6.45, 7) is 0. The fourth-order valence-electron chi connectivity index (χ4n) is 3.30. The standard InChI is InChI=1S/C20H18FN5O/c21-16-11-23-9-7-15(16)18-19(26-20(27)13-4-1-2-5-13)25-17(12-24-18)14-6-3-8-22-10-14/h3,6-13H,1-2,4-5H2,(H,25,26,27). The van der Waals surface area contributed by atoms with Crippen LogP contribution in [0.1, 0.15) is 25.7 Å². The summed E-state index contributed by atoms with van der Waals surface area (Å²) in [7, 11) is 0. The summed E-state index contributed by atoms with van der Waals surface area (Å²) in [4.78, 5) is 29.4. The van der Waals surface area contributed by atoms with Crippen LogP contribution in [0.15, 0.2) is 49.2 Å². The third kappa shape index (κ3) is 3.67. The van der Waals surface area contributed by atoms with Crippen molar-refractivity contribution in [2.24, 2.45) is 5.92 Å². The van der Waals surface area contributed by atoms with Crippen molar-refractivity contribution in [2.75, 3.05) is 5.32 Å². The highest BCUT2D eigenvalue weighted by molar-refractivity contribution is 5.95. The van der Waals surface area contributed by atoms with E-state index >= 15 is 0 Å². The normalized spacial score (nSPS) is 14.3. The van der Waals surface area contributed by atoms with Crippen LogP contribution >= 0.6 is 0 Å². The van der Waals surface area contributed by atoms with Gasteiger partial charge >= 0.3 is 0 Å². The average molecular weight is 363 g/mol. The fraction of sp³-hybridized carbons (Fsp3) is 0.250. The zero-order valence-corrected chi connectivity index (χ0v) is 14.6. The van der Waals surface area contributed by atoms with Crippen LogP contribution in [0.5, 0.6) is 0 Å². The average Bonchev–Trinajstić information content (AvgIpc) is 3.24. The number of amides is 1. The molecule has 0 aliphatic heterocycles. The Labute approximate surface area is 155 Å². The largest absolute Gasteiger partial charge is 0.309 e. The number of pyridine rings is 2. The first-order valence-corrected chi connectivity index (χ1v) is 8.90. The van der Waals surface area contributed by atoms with Crippen LogP contribution in [-0.2, 0) is 4.79 Å². The number of carbonyl (C=O) groups excluding carboxylic acids is 1. The molecular weight excluding hydrogens is 345 g/mol. The fourth-order valence-corrected chi connectivity index (χ4v) is 3.30. The molecule has 0 spiro atoms. The summed E-state index contributed by atoms with van der Waals surface area (Å²) in [5.74, 6) is -0.402. The first-order chi connectivity index (χ1) is 13.2. The maximum absolute atomic E-state index is 14.3. The summed E-state index contributed by atoms with van der Waals surface area (Å²) in [5.41, 5.74) is 1.86. The molecule has 0 aromatic carbocycles. The molecule has 0 unspecified atom stereocenters. The Bertz CT molecular complexity index is 958. The van der Waals surface area contributed by atoms with Crippen LogP contribution in [0.2, 0.25) is 0 Å². The van der Waals surface area contributed by atoms with Crippen LogP contribution in [0, 0.1) is 11.7 Å². The molecule has 0 saturated heterocycles. The molecule has 7 heteroatoms. The van der Waals surface area contributed by atoms with Gasteiger partial charge in [0.1, 0.15) is 5.69 Å². The van der Waals surface area contributed by atoms with Crippen molar-refractivity contribution in [1.29, 1.82) is 0 Å². The highest BCUT2D eigenvalue weighted by Crippen LogP contribution is 2.31. The van der Waals surface area contributed by atoms with E-state index in [-0.39, 0.29) is 28.9 Å². The molecular formula is C20H18FN5O.